The van der Waals surface area contributed by atoms with Gasteiger partial charge in [-0.1, -0.05) is 6.92 Å². The number of amides is 2. The molecule has 6 heteroatoms. The van der Waals surface area contributed by atoms with E-state index in [4.69, 9.17) is 16.3 Å². The molecule has 0 aromatic rings. The molecule has 0 aromatic heterocycles. The monoisotopic (exact) mass is 268 g/mol. The lowest BCUT2D eigenvalue weighted by Gasteiger charge is -2.33. The van der Waals surface area contributed by atoms with Gasteiger partial charge in [-0.05, 0) is 18.3 Å². The maximum atomic E-state index is 11.6. The van der Waals surface area contributed by atoms with Crippen LogP contribution in [0, 0.1) is 17.8 Å². The predicted molar refractivity (Wildman–Crippen MR) is 69.6 cm³/mol. The summed E-state index contributed by atoms with van der Waals surface area (Å²) >= 11 is 0. The fourth-order valence-corrected chi connectivity index (χ4v) is 1.86. The van der Waals surface area contributed by atoms with Crippen LogP contribution in [0.1, 0.15) is 26.2 Å². The average Bonchev–Trinajstić information content (AvgIpc) is 2.37. The number of terminal acetylenes is 1. The first kappa shape index (κ1) is 15.3. The van der Waals surface area contributed by atoms with Crippen molar-refractivity contribution in [2.45, 2.75) is 32.2 Å². The van der Waals surface area contributed by atoms with E-state index in [1.165, 1.54) is 0 Å². The quantitative estimate of drug-likeness (QED) is 0.636. The SMILES string of the molecule is C#CCC(NC(=O)NCC1(C)CCOCC1)C(=O)O. The third-order valence-electron chi connectivity index (χ3n) is 3.30. The van der Waals surface area contributed by atoms with Crippen molar-refractivity contribution in [3.8, 4) is 12.3 Å². The van der Waals surface area contributed by atoms with Gasteiger partial charge in [0, 0.05) is 26.2 Å². The van der Waals surface area contributed by atoms with E-state index in [9.17, 15) is 9.59 Å². The Kier molecular flexibility index (Phi) is 5.64. The Labute approximate surface area is 112 Å². The van der Waals surface area contributed by atoms with Gasteiger partial charge in [0.25, 0.3) is 0 Å². The first-order valence-corrected chi connectivity index (χ1v) is 6.25. The molecule has 1 saturated heterocycles. The first-order valence-electron chi connectivity index (χ1n) is 6.25. The minimum absolute atomic E-state index is 0.000424. The molecule has 1 fully saturated rings. The normalized spacial score (nSPS) is 18.9. The molecular weight excluding hydrogens is 248 g/mol. The molecule has 1 rings (SSSR count). The number of ether oxygens (including phenoxy) is 1. The van der Waals surface area contributed by atoms with Crippen LogP contribution in [0.15, 0.2) is 0 Å². The Hall–Kier alpha value is -1.74. The Morgan fingerprint density at radius 2 is 2.11 bits per heavy atom. The zero-order valence-corrected chi connectivity index (χ0v) is 11.1. The predicted octanol–water partition coefficient (Wildman–Crippen LogP) is 0.579. The van der Waals surface area contributed by atoms with Crippen LogP contribution in [0.25, 0.3) is 0 Å². The van der Waals surface area contributed by atoms with Gasteiger partial charge in [-0.2, -0.15) is 0 Å². The highest BCUT2D eigenvalue weighted by molar-refractivity contribution is 5.82. The topological polar surface area (TPSA) is 87.7 Å². The van der Waals surface area contributed by atoms with Crippen molar-refractivity contribution < 1.29 is 19.4 Å². The summed E-state index contributed by atoms with van der Waals surface area (Å²) in [7, 11) is 0. The van der Waals surface area contributed by atoms with Gasteiger partial charge in [-0.15, -0.1) is 12.3 Å². The lowest BCUT2D eigenvalue weighted by Crippen LogP contribution is -2.49. The molecule has 106 valence electrons. The summed E-state index contributed by atoms with van der Waals surface area (Å²) in [4.78, 5) is 22.5. The minimum Gasteiger partial charge on any atom is -0.480 e. The Morgan fingerprint density at radius 3 is 2.63 bits per heavy atom. The highest BCUT2D eigenvalue weighted by Gasteiger charge is 2.28. The lowest BCUT2D eigenvalue weighted by molar-refractivity contribution is -0.139. The van der Waals surface area contributed by atoms with Crippen molar-refractivity contribution in [3.05, 3.63) is 0 Å². The van der Waals surface area contributed by atoms with Gasteiger partial charge >= 0.3 is 12.0 Å². The molecule has 1 aliphatic heterocycles. The van der Waals surface area contributed by atoms with Gasteiger partial charge in [-0.3, -0.25) is 0 Å². The molecule has 1 aliphatic rings. The number of hydrogen-bond donors (Lipinski definition) is 3. The lowest BCUT2D eigenvalue weighted by atomic mass is 9.82. The number of urea groups is 1. The molecule has 1 atom stereocenters. The maximum absolute atomic E-state index is 11.6. The van der Waals surface area contributed by atoms with Crippen molar-refractivity contribution in [3.63, 3.8) is 0 Å². The number of carbonyl (C=O) groups excluding carboxylic acids is 1. The summed E-state index contributed by atoms with van der Waals surface area (Å²) in [6, 6.07) is -1.55. The second kappa shape index (κ2) is 7.00. The van der Waals surface area contributed by atoms with Crippen LogP contribution < -0.4 is 10.6 Å². The molecule has 1 heterocycles. The van der Waals surface area contributed by atoms with Gasteiger partial charge in [0.1, 0.15) is 6.04 Å². The molecule has 6 nitrogen and oxygen atoms in total. The molecular formula is C13H20N2O4. The maximum Gasteiger partial charge on any atom is 0.327 e. The third-order valence-corrected chi connectivity index (χ3v) is 3.30. The number of rotatable bonds is 5. The largest absolute Gasteiger partial charge is 0.480 e. The Balaban J connectivity index is 2.38. The summed E-state index contributed by atoms with van der Waals surface area (Å²) in [6.45, 7) is 3.94. The number of hydrogen-bond acceptors (Lipinski definition) is 3. The van der Waals surface area contributed by atoms with Crippen molar-refractivity contribution in [1.29, 1.82) is 0 Å². The number of carbonyl (C=O) groups is 2. The molecule has 0 bridgehead atoms. The van der Waals surface area contributed by atoms with Crippen molar-refractivity contribution >= 4 is 12.0 Å². The van der Waals surface area contributed by atoms with Gasteiger partial charge in [0.05, 0.1) is 0 Å². The smallest absolute Gasteiger partial charge is 0.327 e. The van der Waals surface area contributed by atoms with E-state index in [-0.39, 0.29) is 11.8 Å². The highest BCUT2D eigenvalue weighted by Crippen LogP contribution is 2.28. The summed E-state index contributed by atoms with van der Waals surface area (Å²) in [5.74, 6) is 1.09. The molecule has 0 radical (unpaired) electrons. The van der Waals surface area contributed by atoms with Crippen molar-refractivity contribution in [2.24, 2.45) is 5.41 Å². The van der Waals surface area contributed by atoms with E-state index in [1.54, 1.807) is 0 Å². The van der Waals surface area contributed by atoms with Crippen LogP contribution in [0.2, 0.25) is 0 Å². The van der Waals surface area contributed by atoms with Crippen molar-refractivity contribution in [1.82, 2.24) is 10.6 Å². The zero-order valence-electron chi connectivity index (χ0n) is 11.1. The summed E-state index contributed by atoms with van der Waals surface area (Å²) in [6.07, 6.45) is 6.77. The van der Waals surface area contributed by atoms with E-state index >= 15 is 0 Å². The molecule has 19 heavy (non-hydrogen) atoms. The molecule has 2 amide bonds. The minimum atomic E-state index is -1.13. The second-order valence-electron chi connectivity index (χ2n) is 5.05. The number of aliphatic carboxylic acids is 1. The molecule has 1 unspecified atom stereocenters. The van der Waals surface area contributed by atoms with E-state index in [0.29, 0.717) is 19.8 Å². The van der Waals surface area contributed by atoms with E-state index in [2.05, 4.69) is 23.5 Å². The van der Waals surface area contributed by atoms with E-state index in [0.717, 1.165) is 12.8 Å². The van der Waals surface area contributed by atoms with Gasteiger partial charge in [0.15, 0.2) is 0 Å². The van der Waals surface area contributed by atoms with Crippen LogP contribution in [0.4, 0.5) is 4.79 Å². The van der Waals surface area contributed by atoms with Crippen LogP contribution in [0.3, 0.4) is 0 Å². The average molecular weight is 268 g/mol. The van der Waals surface area contributed by atoms with E-state index in [1.807, 2.05) is 0 Å². The fourth-order valence-electron chi connectivity index (χ4n) is 1.86. The van der Waals surface area contributed by atoms with Crippen molar-refractivity contribution in [2.75, 3.05) is 19.8 Å². The summed E-state index contributed by atoms with van der Waals surface area (Å²) in [5, 5.41) is 13.9. The van der Waals surface area contributed by atoms with Crippen LogP contribution in [-0.4, -0.2) is 42.9 Å². The van der Waals surface area contributed by atoms with Crippen LogP contribution in [-0.2, 0) is 9.53 Å². The van der Waals surface area contributed by atoms with Gasteiger partial charge in [-0.25, -0.2) is 9.59 Å². The van der Waals surface area contributed by atoms with E-state index < -0.39 is 18.0 Å². The molecule has 0 saturated carbocycles. The molecule has 0 aliphatic carbocycles. The van der Waals surface area contributed by atoms with Gasteiger partial charge in [0.2, 0.25) is 0 Å². The number of carboxylic acids is 1. The number of carboxylic acid groups (broad SMARTS) is 1. The fraction of sp³-hybridized carbons (Fsp3) is 0.692. The highest BCUT2D eigenvalue weighted by atomic mass is 16.5. The summed E-state index contributed by atoms with van der Waals surface area (Å²) in [5.41, 5.74) is 0.000424. The Morgan fingerprint density at radius 1 is 1.47 bits per heavy atom. The van der Waals surface area contributed by atoms with Crippen LogP contribution in [0.5, 0.6) is 0 Å². The standard InChI is InChI=1S/C13H20N2O4/c1-3-4-10(11(16)17)15-12(18)14-9-13(2)5-7-19-8-6-13/h1,10H,4-9H2,2H3,(H,16,17)(H2,14,15,18). The molecule has 3 N–H and O–H groups in total. The first-order chi connectivity index (χ1) is 8.97. The number of nitrogens with one attached hydrogen (secondary N) is 2. The zero-order chi connectivity index (χ0) is 14.3. The second-order valence-corrected chi connectivity index (χ2v) is 5.05. The van der Waals surface area contributed by atoms with Gasteiger partial charge < -0.3 is 20.5 Å². The third kappa shape index (κ3) is 5.18. The Bertz CT molecular complexity index is 369. The molecule has 0 spiro atoms. The summed E-state index contributed by atoms with van der Waals surface area (Å²) < 4.78 is 5.27. The van der Waals surface area contributed by atoms with Crippen LogP contribution >= 0.6 is 0 Å². The molecule has 0 aromatic carbocycles.